The topological polar surface area (TPSA) is 41.1 Å². The van der Waals surface area contributed by atoms with E-state index in [0.29, 0.717) is 0 Å². The normalized spacial score (nSPS) is 19.4. The van der Waals surface area contributed by atoms with Crippen LogP contribution in [0.3, 0.4) is 0 Å². The van der Waals surface area contributed by atoms with E-state index >= 15 is 0 Å². The number of nitrogens with zero attached hydrogens (tertiary/aromatic N) is 3. The van der Waals surface area contributed by atoms with Gasteiger partial charge in [0.1, 0.15) is 0 Å². The molecule has 0 amide bonds. The number of hydrogen-bond acceptors (Lipinski definition) is 4. The van der Waals surface area contributed by atoms with E-state index in [0.717, 1.165) is 50.2 Å². The Morgan fingerprint density at radius 3 is 2.95 bits per heavy atom. The lowest BCUT2D eigenvalue weighted by molar-refractivity contribution is 0.401. The average molecular weight is 276 g/mol. The Kier molecular flexibility index (Phi) is 5.77. The Morgan fingerprint density at radius 2 is 2.25 bits per heavy atom. The van der Waals surface area contributed by atoms with Crippen molar-refractivity contribution in [3.63, 3.8) is 0 Å². The van der Waals surface area contributed by atoms with Gasteiger partial charge in [-0.3, -0.25) is 0 Å². The fourth-order valence-corrected chi connectivity index (χ4v) is 2.79. The van der Waals surface area contributed by atoms with Crippen LogP contribution in [0.4, 0.5) is 5.95 Å². The molecule has 1 fully saturated rings. The number of rotatable bonds is 6. The van der Waals surface area contributed by atoms with Gasteiger partial charge in [-0.15, -0.1) is 0 Å². The molecule has 0 aliphatic carbocycles. The van der Waals surface area contributed by atoms with Gasteiger partial charge in [0.05, 0.1) is 0 Å². The molecule has 1 aromatic heterocycles. The monoisotopic (exact) mass is 276 g/mol. The minimum absolute atomic E-state index is 0.804. The summed E-state index contributed by atoms with van der Waals surface area (Å²) >= 11 is 0. The highest BCUT2D eigenvalue weighted by Gasteiger charge is 2.20. The second kappa shape index (κ2) is 7.58. The third kappa shape index (κ3) is 3.92. The van der Waals surface area contributed by atoms with Crippen molar-refractivity contribution in [2.24, 2.45) is 5.92 Å². The second-order valence-corrected chi connectivity index (χ2v) is 5.82. The Labute approximate surface area is 123 Å². The summed E-state index contributed by atoms with van der Waals surface area (Å²) in [4.78, 5) is 11.7. The summed E-state index contributed by atoms with van der Waals surface area (Å²) in [6, 6.07) is 0. The molecule has 1 N–H and O–H groups in total. The maximum atomic E-state index is 4.72. The molecule has 4 heteroatoms. The van der Waals surface area contributed by atoms with Gasteiger partial charge < -0.3 is 10.2 Å². The highest BCUT2D eigenvalue weighted by Crippen LogP contribution is 2.22. The highest BCUT2D eigenvalue weighted by molar-refractivity contribution is 5.33. The first-order chi connectivity index (χ1) is 9.74. The van der Waals surface area contributed by atoms with Crippen LogP contribution in [0.25, 0.3) is 0 Å². The van der Waals surface area contributed by atoms with Crippen LogP contribution in [0.15, 0.2) is 6.20 Å². The lowest BCUT2D eigenvalue weighted by atomic mass is 9.96. The molecule has 1 atom stereocenters. The quantitative estimate of drug-likeness (QED) is 0.811. The zero-order valence-corrected chi connectivity index (χ0v) is 13.2. The summed E-state index contributed by atoms with van der Waals surface area (Å²) in [6.07, 6.45) is 7.03. The summed E-state index contributed by atoms with van der Waals surface area (Å²) in [5, 5.41) is 3.41. The highest BCUT2D eigenvalue weighted by atomic mass is 15.3. The first-order valence-corrected chi connectivity index (χ1v) is 8.02. The van der Waals surface area contributed by atoms with E-state index < -0.39 is 0 Å². The smallest absolute Gasteiger partial charge is 0.225 e. The molecule has 0 spiro atoms. The number of hydrogen-bond donors (Lipinski definition) is 1. The standard InChI is InChI=1S/C16H28N4/c1-4-8-17-10-15-11-18-16(19-13(15)3)20-9-6-7-14(5-2)12-20/h11,14,17H,4-10,12H2,1-3H3. The molecule has 1 aromatic rings. The summed E-state index contributed by atoms with van der Waals surface area (Å²) < 4.78 is 0. The van der Waals surface area contributed by atoms with Crippen molar-refractivity contribution in [1.29, 1.82) is 0 Å². The van der Waals surface area contributed by atoms with Crippen molar-refractivity contribution >= 4 is 5.95 Å². The third-order valence-electron chi connectivity index (χ3n) is 4.19. The maximum absolute atomic E-state index is 4.72. The van der Waals surface area contributed by atoms with Crippen LogP contribution in [-0.2, 0) is 6.54 Å². The molecule has 1 aliphatic rings. The van der Waals surface area contributed by atoms with E-state index in [-0.39, 0.29) is 0 Å². The number of anilines is 1. The average Bonchev–Trinajstić information content (AvgIpc) is 2.49. The van der Waals surface area contributed by atoms with E-state index in [9.17, 15) is 0 Å². The largest absolute Gasteiger partial charge is 0.341 e. The lowest BCUT2D eigenvalue weighted by Gasteiger charge is -2.32. The van der Waals surface area contributed by atoms with Gasteiger partial charge in [0, 0.05) is 37.1 Å². The Morgan fingerprint density at radius 1 is 1.40 bits per heavy atom. The minimum atomic E-state index is 0.804. The van der Waals surface area contributed by atoms with Crippen molar-refractivity contribution in [3.05, 3.63) is 17.5 Å². The van der Waals surface area contributed by atoms with Crippen molar-refractivity contribution in [2.75, 3.05) is 24.5 Å². The fourth-order valence-electron chi connectivity index (χ4n) is 2.79. The van der Waals surface area contributed by atoms with Crippen molar-refractivity contribution in [3.8, 4) is 0 Å². The molecule has 2 heterocycles. The van der Waals surface area contributed by atoms with Crippen molar-refractivity contribution in [1.82, 2.24) is 15.3 Å². The molecular weight excluding hydrogens is 248 g/mol. The van der Waals surface area contributed by atoms with Gasteiger partial charge in [-0.25, -0.2) is 9.97 Å². The third-order valence-corrected chi connectivity index (χ3v) is 4.19. The van der Waals surface area contributed by atoms with Crippen LogP contribution >= 0.6 is 0 Å². The van der Waals surface area contributed by atoms with Gasteiger partial charge >= 0.3 is 0 Å². The summed E-state index contributed by atoms with van der Waals surface area (Å²) in [6.45, 7) is 10.7. The molecule has 2 rings (SSSR count). The molecular formula is C16H28N4. The first-order valence-electron chi connectivity index (χ1n) is 8.02. The van der Waals surface area contributed by atoms with Gasteiger partial charge in [-0.2, -0.15) is 0 Å². The van der Waals surface area contributed by atoms with Gasteiger partial charge in [-0.05, 0) is 38.6 Å². The van der Waals surface area contributed by atoms with Crippen LogP contribution in [0.1, 0.15) is 50.8 Å². The van der Waals surface area contributed by atoms with Crippen LogP contribution in [0, 0.1) is 12.8 Å². The number of aromatic nitrogens is 2. The molecule has 0 aromatic carbocycles. The van der Waals surface area contributed by atoms with Crippen LogP contribution in [0.5, 0.6) is 0 Å². The molecule has 1 saturated heterocycles. The fraction of sp³-hybridized carbons (Fsp3) is 0.750. The molecule has 0 bridgehead atoms. The molecule has 0 radical (unpaired) electrons. The van der Waals surface area contributed by atoms with E-state index in [4.69, 9.17) is 4.98 Å². The Balaban J connectivity index is 2.00. The Hall–Kier alpha value is -1.16. The van der Waals surface area contributed by atoms with E-state index in [1.165, 1.54) is 24.8 Å². The maximum Gasteiger partial charge on any atom is 0.225 e. The molecule has 1 unspecified atom stereocenters. The summed E-state index contributed by atoms with van der Waals surface area (Å²) in [5.41, 5.74) is 2.32. The van der Waals surface area contributed by atoms with Gasteiger partial charge in [0.25, 0.3) is 0 Å². The predicted molar refractivity (Wildman–Crippen MR) is 84.0 cm³/mol. The number of aryl methyl sites for hydroxylation is 1. The van der Waals surface area contributed by atoms with E-state index in [1.807, 2.05) is 6.20 Å². The lowest BCUT2D eigenvalue weighted by Crippen LogP contribution is -2.36. The Bertz CT molecular complexity index is 419. The summed E-state index contributed by atoms with van der Waals surface area (Å²) in [7, 11) is 0. The van der Waals surface area contributed by atoms with Gasteiger partial charge in [0.2, 0.25) is 5.95 Å². The predicted octanol–water partition coefficient (Wildman–Crippen LogP) is 2.91. The van der Waals surface area contributed by atoms with Crippen molar-refractivity contribution < 1.29 is 0 Å². The summed E-state index contributed by atoms with van der Waals surface area (Å²) in [5.74, 6) is 1.72. The van der Waals surface area contributed by atoms with Gasteiger partial charge in [-0.1, -0.05) is 20.3 Å². The zero-order valence-electron chi connectivity index (χ0n) is 13.2. The molecule has 1 aliphatic heterocycles. The van der Waals surface area contributed by atoms with Crippen LogP contribution < -0.4 is 10.2 Å². The van der Waals surface area contributed by atoms with Crippen LogP contribution in [-0.4, -0.2) is 29.6 Å². The van der Waals surface area contributed by atoms with E-state index in [1.54, 1.807) is 0 Å². The SMILES string of the molecule is CCCNCc1cnc(N2CCCC(CC)C2)nc1C. The second-order valence-electron chi connectivity index (χ2n) is 5.82. The molecule has 112 valence electrons. The number of nitrogens with one attached hydrogen (secondary N) is 1. The zero-order chi connectivity index (χ0) is 14.4. The molecule has 20 heavy (non-hydrogen) atoms. The molecule has 0 saturated carbocycles. The number of piperidine rings is 1. The minimum Gasteiger partial charge on any atom is -0.341 e. The van der Waals surface area contributed by atoms with Crippen LogP contribution in [0.2, 0.25) is 0 Å². The van der Waals surface area contributed by atoms with Gasteiger partial charge in [0.15, 0.2) is 0 Å². The van der Waals surface area contributed by atoms with E-state index in [2.05, 4.69) is 36.0 Å². The first kappa shape index (κ1) is 15.2. The van der Waals surface area contributed by atoms with Crippen molar-refractivity contribution in [2.45, 2.75) is 53.0 Å². The molecule has 4 nitrogen and oxygen atoms in total.